The zero-order valence-corrected chi connectivity index (χ0v) is 58.3. The summed E-state index contributed by atoms with van der Waals surface area (Å²) >= 11 is 0. The van der Waals surface area contributed by atoms with Crippen molar-refractivity contribution in [1.29, 1.82) is 0 Å². The Hall–Kier alpha value is -1.38. The van der Waals surface area contributed by atoms with Crippen LogP contribution in [-0.4, -0.2) is 319 Å². The summed E-state index contributed by atoms with van der Waals surface area (Å²) in [5, 5.41) is 208. The lowest BCUT2D eigenvalue weighted by molar-refractivity contribution is -0.402. The molecule has 0 radical (unpaired) electrons. The van der Waals surface area contributed by atoms with Gasteiger partial charge in [0.2, 0.25) is 0 Å². The standard InChI is InChI=1S/C68H120O28/c1-31(14-18-45(62(6,7)87)91-30-66(11)60(96-68(13)59(86)54(81)49(76)41(24-71)95-68)55(82)50(77)42(94-66)26-89-29-65(10)58(85)53(80)48(75)40(23-70)93-65)32(2)35-20-43(72)67(12)36(33(35)3)15-16-37-38(67)17-19-44(61(37,4)5)90-27-63(8)21-34(46(73)51(78)56(63)83)25-88-28-64(9)57(84)52(79)47(74)39(22-69)92-64/h16,31-36,38-60,69-87H,14-15,17-30H2,1-13H3/t31-,32?,33+,34?,35?,36?,38?,39?,40?,41?,42?,43?,44?,45?,46-,47-,48+,49+,50+,51?,52?,53+,54+,55+,56+,57+,58?,59?,60?,63?,64+,65?,66-,67+,68?/m1/s1. The van der Waals surface area contributed by atoms with Crippen LogP contribution in [0.3, 0.4) is 0 Å². The summed E-state index contributed by atoms with van der Waals surface area (Å²) in [6.45, 7) is 19.9. The van der Waals surface area contributed by atoms with E-state index in [9.17, 15) is 97.0 Å². The largest absolute Gasteiger partial charge is 0.394 e. The Morgan fingerprint density at radius 3 is 1.60 bits per heavy atom. The number of rotatable bonds is 25. The zero-order chi connectivity index (χ0) is 71.7. The van der Waals surface area contributed by atoms with Crippen LogP contribution in [0.5, 0.6) is 0 Å². The van der Waals surface area contributed by atoms with E-state index < -0.39 is 218 Å². The third-order valence-electron chi connectivity index (χ3n) is 24.9. The zero-order valence-electron chi connectivity index (χ0n) is 58.3. The van der Waals surface area contributed by atoms with Crippen molar-refractivity contribution in [3.05, 3.63) is 11.6 Å². The number of hydrogen-bond acceptors (Lipinski definition) is 28. The molecule has 3 saturated carbocycles. The number of allylic oxidation sites excluding steroid dienone is 1. The molecule has 4 heterocycles. The van der Waals surface area contributed by atoms with Crippen LogP contribution in [0.25, 0.3) is 0 Å². The van der Waals surface area contributed by atoms with E-state index in [2.05, 4.69) is 47.6 Å². The maximum Gasteiger partial charge on any atom is 0.195 e. The fraction of sp³-hybridized carbons (Fsp3) is 0.971. The van der Waals surface area contributed by atoms with Gasteiger partial charge in [-0.3, -0.25) is 0 Å². The van der Waals surface area contributed by atoms with E-state index in [0.717, 1.165) is 12.8 Å². The fourth-order valence-electron chi connectivity index (χ4n) is 18.0. The molecule has 7 fully saturated rings. The Morgan fingerprint density at radius 2 is 1.06 bits per heavy atom. The van der Waals surface area contributed by atoms with Crippen LogP contribution in [-0.2, 0) is 42.6 Å². The third-order valence-corrected chi connectivity index (χ3v) is 24.9. The first-order valence-corrected chi connectivity index (χ1v) is 34.7. The Balaban J connectivity index is 0.914. The monoisotopic (exact) mass is 1380 g/mol. The minimum atomic E-state index is -2.24. The van der Waals surface area contributed by atoms with Crippen LogP contribution in [0, 0.1) is 57.7 Å². The molecule has 0 aromatic heterocycles. The average Bonchev–Trinajstić information content (AvgIpc) is 0.714. The van der Waals surface area contributed by atoms with E-state index in [1.54, 1.807) is 20.8 Å². The molecule has 0 amide bonds. The SMILES string of the molecule is CC(C1CC(O)[C@]2(C)C3CCC(OCC4(C)CC(COC[C@]5(C)OC(CO)[C@@H](O)C(O)[C@@H]5O)[C@@H](O)C(O)[C@@H]4O)C(C)(C)C3=CCC2[C@H]1C)[C@H](C)CCC(OC[C@@]1(C)OC(COCC2(C)OC(CO)[C@H](O)[C@H](O)C2O)[C@H](O)[C@H](O)C1OC1(C)OC(CO)[C@H](O)[C@H](O)C1O)C(C)(C)O. The van der Waals surface area contributed by atoms with Crippen molar-refractivity contribution in [1.82, 2.24) is 0 Å². The van der Waals surface area contributed by atoms with Gasteiger partial charge in [0.15, 0.2) is 5.79 Å². The van der Waals surface area contributed by atoms with Gasteiger partial charge in [0.25, 0.3) is 0 Å². The van der Waals surface area contributed by atoms with E-state index in [0.29, 0.717) is 25.7 Å². The normalized spacial score (nSPS) is 50.2. The molecule has 0 bridgehead atoms. The molecule has 19 N–H and O–H groups in total. The van der Waals surface area contributed by atoms with E-state index in [-0.39, 0.29) is 67.9 Å². The smallest absolute Gasteiger partial charge is 0.195 e. The van der Waals surface area contributed by atoms with Gasteiger partial charge in [-0.1, -0.05) is 60.1 Å². The van der Waals surface area contributed by atoms with Crippen molar-refractivity contribution < 1.29 is 140 Å². The van der Waals surface area contributed by atoms with Crippen molar-refractivity contribution in [2.45, 2.75) is 297 Å². The van der Waals surface area contributed by atoms with Gasteiger partial charge in [0.1, 0.15) is 121 Å². The van der Waals surface area contributed by atoms with Crippen LogP contribution in [0.1, 0.15) is 135 Å². The van der Waals surface area contributed by atoms with E-state index in [1.165, 1.54) is 33.3 Å². The third kappa shape index (κ3) is 15.3. The maximum atomic E-state index is 12.6. The van der Waals surface area contributed by atoms with Crippen molar-refractivity contribution in [2.24, 2.45) is 57.7 Å². The second-order valence-electron chi connectivity index (χ2n) is 32.7. The van der Waals surface area contributed by atoms with Crippen LogP contribution in [0.4, 0.5) is 0 Å². The van der Waals surface area contributed by atoms with Crippen molar-refractivity contribution in [3.8, 4) is 0 Å². The Bertz CT molecular complexity index is 2540. The number of fused-ring (bicyclic) bond motifs is 3. The lowest BCUT2D eigenvalue weighted by Gasteiger charge is -2.62. The molecule has 4 aliphatic heterocycles. The summed E-state index contributed by atoms with van der Waals surface area (Å²) in [7, 11) is 0. The molecule has 0 aromatic carbocycles. The molecular formula is C68H120O28. The highest BCUT2D eigenvalue weighted by Crippen LogP contribution is 2.64. The van der Waals surface area contributed by atoms with Crippen LogP contribution in [0.15, 0.2) is 11.6 Å². The molecule has 28 nitrogen and oxygen atoms in total. The van der Waals surface area contributed by atoms with Gasteiger partial charge in [-0.05, 0) is 122 Å². The molecule has 96 heavy (non-hydrogen) atoms. The Kier molecular flexibility index (Phi) is 25.4. The maximum absolute atomic E-state index is 12.6. The predicted octanol–water partition coefficient (Wildman–Crippen LogP) is -2.95. The molecule has 8 aliphatic rings. The molecular weight excluding hydrogens is 1260 g/mol. The van der Waals surface area contributed by atoms with Gasteiger partial charge in [-0.25, -0.2) is 0 Å². The number of aliphatic hydroxyl groups excluding tert-OH is 18. The summed E-state index contributed by atoms with van der Waals surface area (Å²) in [4.78, 5) is 0. The first-order valence-electron chi connectivity index (χ1n) is 34.7. The molecule has 28 heteroatoms. The van der Waals surface area contributed by atoms with Crippen molar-refractivity contribution in [3.63, 3.8) is 0 Å². The topological polar surface area (TPSA) is 467 Å². The number of ether oxygens (including phenoxy) is 9. The number of aliphatic hydroxyl groups is 19. The van der Waals surface area contributed by atoms with E-state index >= 15 is 0 Å². The second-order valence-corrected chi connectivity index (χ2v) is 32.7. The van der Waals surface area contributed by atoms with E-state index in [4.69, 9.17) is 42.6 Å². The first-order chi connectivity index (χ1) is 44.5. The molecule has 4 aliphatic carbocycles. The lowest BCUT2D eigenvalue weighted by Crippen LogP contribution is -2.72. The second kappa shape index (κ2) is 30.4. The molecule has 0 aromatic rings. The molecule has 0 spiro atoms. The number of hydrogen-bond donors (Lipinski definition) is 19. The van der Waals surface area contributed by atoms with Crippen molar-refractivity contribution in [2.75, 3.05) is 59.5 Å². The summed E-state index contributed by atoms with van der Waals surface area (Å²) in [5.41, 5.74) is -7.30. The molecule has 35 atom stereocenters. The fourth-order valence-corrected chi connectivity index (χ4v) is 18.0. The van der Waals surface area contributed by atoms with Gasteiger partial charge in [-0.2, -0.15) is 0 Å². The van der Waals surface area contributed by atoms with Gasteiger partial charge >= 0.3 is 0 Å². The summed E-state index contributed by atoms with van der Waals surface area (Å²) in [6, 6.07) is 0. The van der Waals surface area contributed by atoms with Gasteiger partial charge in [0.05, 0.1) is 95.6 Å². The lowest BCUT2D eigenvalue weighted by atomic mass is 9.44. The quantitative estimate of drug-likeness (QED) is 0.0406. The first kappa shape index (κ1) is 80.3. The van der Waals surface area contributed by atoms with Crippen molar-refractivity contribution >= 4 is 0 Å². The van der Waals surface area contributed by atoms with Crippen LogP contribution < -0.4 is 0 Å². The minimum Gasteiger partial charge on any atom is -0.394 e. The molecule has 8 rings (SSSR count). The van der Waals surface area contributed by atoms with E-state index in [1.807, 2.05) is 0 Å². The summed E-state index contributed by atoms with van der Waals surface area (Å²) in [6.07, 6.45) is -25.9. The highest BCUT2D eigenvalue weighted by molar-refractivity contribution is 5.29. The van der Waals surface area contributed by atoms with Gasteiger partial charge < -0.3 is 140 Å². The summed E-state index contributed by atoms with van der Waals surface area (Å²) < 4.78 is 55.6. The Morgan fingerprint density at radius 1 is 0.562 bits per heavy atom. The van der Waals surface area contributed by atoms with Gasteiger partial charge in [0, 0.05) is 22.2 Å². The highest BCUT2D eigenvalue weighted by Gasteiger charge is 2.63. The van der Waals surface area contributed by atoms with Gasteiger partial charge in [-0.15, -0.1) is 0 Å². The highest BCUT2D eigenvalue weighted by atomic mass is 16.7. The van der Waals surface area contributed by atoms with Crippen LogP contribution in [0.2, 0.25) is 0 Å². The average molecular weight is 1390 g/mol. The summed E-state index contributed by atoms with van der Waals surface area (Å²) in [5.74, 6) is -2.36. The Labute approximate surface area is 564 Å². The molecule has 20 unspecified atom stereocenters. The van der Waals surface area contributed by atoms with Crippen LogP contribution >= 0.6 is 0 Å². The molecule has 4 saturated heterocycles. The predicted molar refractivity (Wildman–Crippen MR) is 339 cm³/mol. The molecule has 560 valence electrons. The minimum absolute atomic E-state index is 0.0353.